The third-order valence-corrected chi connectivity index (χ3v) is 3.97. The normalized spacial score (nSPS) is 18.0. The van der Waals surface area contributed by atoms with Crippen LogP contribution >= 0.6 is 0 Å². The topological polar surface area (TPSA) is 6.48 Å². The highest BCUT2D eigenvalue weighted by molar-refractivity contribution is 5.15. The van der Waals surface area contributed by atoms with Crippen LogP contribution in [0.3, 0.4) is 0 Å². The van der Waals surface area contributed by atoms with Gasteiger partial charge < -0.3 is 9.80 Å². The summed E-state index contributed by atoms with van der Waals surface area (Å²) in [7, 11) is 0. The molecule has 20 heavy (non-hydrogen) atoms. The van der Waals surface area contributed by atoms with E-state index in [9.17, 15) is 0 Å². The van der Waals surface area contributed by atoms with Gasteiger partial charge in [-0.15, -0.1) is 0 Å². The van der Waals surface area contributed by atoms with E-state index < -0.39 is 0 Å². The summed E-state index contributed by atoms with van der Waals surface area (Å²) in [4.78, 5) is 5.01. The predicted molar refractivity (Wildman–Crippen MR) is 86.1 cm³/mol. The Labute approximate surface area is 124 Å². The molecule has 0 aromatic heterocycles. The molecule has 1 heterocycles. The van der Waals surface area contributed by atoms with Gasteiger partial charge in [-0.05, 0) is 24.8 Å². The molecule has 0 bridgehead atoms. The fourth-order valence-corrected chi connectivity index (χ4v) is 2.90. The van der Waals surface area contributed by atoms with Gasteiger partial charge in [0.15, 0.2) is 0 Å². The van der Waals surface area contributed by atoms with E-state index in [1.54, 1.807) is 0 Å². The fourth-order valence-electron chi connectivity index (χ4n) is 2.90. The van der Waals surface area contributed by atoms with Crippen molar-refractivity contribution in [1.82, 2.24) is 9.80 Å². The third-order valence-electron chi connectivity index (χ3n) is 3.97. The maximum absolute atomic E-state index is 2.51. The molecule has 1 aliphatic rings. The zero-order valence-electron chi connectivity index (χ0n) is 13.0. The molecular weight excluding hydrogens is 244 g/mol. The maximum Gasteiger partial charge on any atom is 0.101 e. The van der Waals surface area contributed by atoms with Gasteiger partial charge in [0.25, 0.3) is 0 Å². The molecule has 1 aromatic carbocycles. The van der Waals surface area contributed by atoms with E-state index in [0.29, 0.717) is 6.17 Å². The number of hydrogen-bond donors (Lipinski definition) is 0. The summed E-state index contributed by atoms with van der Waals surface area (Å²) in [5.74, 6) is 0. The standard InChI is InChI=1S/C18H28N2/c1-3-5-7-12-18-19(13-4-2)14-15-20(18)16-17-10-8-6-9-11-17/h6,8-11,14-15,18H,3-5,7,12-13,16H2,1-2H3. The average Bonchev–Trinajstić information content (AvgIpc) is 2.83. The Balaban J connectivity index is 1.96. The molecule has 2 rings (SSSR count). The van der Waals surface area contributed by atoms with Gasteiger partial charge in [0, 0.05) is 25.5 Å². The van der Waals surface area contributed by atoms with Crippen molar-refractivity contribution in [1.29, 1.82) is 0 Å². The lowest BCUT2D eigenvalue weighted by atomic mass is 10.1. The second kappa shape index (κ2) is 7.98. The van der Waals surface area contributed by atoms with Crippen LogP contribution in [0.15, 0.2) is 42.7 Å². The minimum Gasteiger partial charge on any atom is -0.356 e. The summed E-state index contributed by atoms with van der Waals surface area (Å²) >= 11 is 0. The molecule has 2 heteroatoms. The van der Waals surface area contributed by atoms with Crippen LogP contribution < -0.4 is 0 Å². The van der Waals surface area contributed by atoms with Crippen molar-refractivity contribution in [3.63, 3.8) is 0 Å². The van der Waals surface area contributed by atoms with Crippen LogP contribution in [-0.2, 0) is 6.54 Å². The summed E-state index contributed by atoms with van der Waals surface area (Å²) < 4.78 is 0. The van der Waals surface area contributed by atoms with Crippen LogP contribution in [0, 0.1) is 0 Å². The molecule has 0 N–H and O–H groups in total. The van der Waals surface area contributed by atoms with E-state index >= 15 is 0 Å². The van der Waals surface area contributed by atoms with Crippen LogP contribution in [0.25, 0.3) is 0 Å². The molecule has 1 aromatic rings. The van der Waals surface area contributed by atoms with Crippen molar-refractivity contribution in [2.24, 2.45) is 0 Å². The molecule has 1 aliphatic heterocycles. The van der Waals surface area contributed by atoms with Crippen molar-refractivity contribution < 1.29 is 0 Å². The fraction of sp³-hybridized carbons (Fsp3) is 0.556. The predicted octanol–water partition coefficient (Wildman–Crippen LogP) is 4.59. The molecular formula is C18H28N2. The maximum atomic E-state index is 2.51. The Morgan fingerprint density at radius 2 is 1.65 bits per heavy atom. The average molecular weight is 272 g/mol. The van der Waals surface area contributed by atoms with E-state index in [1.165, 1.54) is 44.2 Å². The lowest BCUT2D eigenvalue weighted by Crippen LogP contribution is -2.38. The Hall–Kier alpha value is -1.44. The molecule has 0 saturated heterocycles. The van der Waals surface area contributed by atoms with Crippen LogP contribution in [-0.4, -0.2) is 22.5 Å². The summed E-state index contributed by atoms with van der Waals surface area (Å²) in [5, 5.41) is 0. The van der Waals surface area contributed by atoms with Crippen molar-refractivity contribution in [3.05, 3.63) is 48.3 Å². The van der Waals surface area contributed by atoms with E-state index in [2.05, 4.69) is 66.4 Å². The second-order valence-corrected chi connectivity index (χ2v) is 5.67. The number of nitrogens with zero attached hydrogens (tertiary/aromatic N) is 2. The Kier molecular flexibility index (Phi) is 5.97. The largest absolute Gasteiger partial charge is 0.356 e. The molecule has 2 nitrogen and oxygen atoms in total. The van der Waals surface area contributed by atoms with E-state index in [-0.39, 0.29) is 0 Å². The molecule has 0 fully saturated rings. The van der Waals surface area contributed by atoms with Gasteiger partial charge in [-0.25, -0.2) is 0 Å². The SMILES string of the molecule is CCCCCC1N(CCC)C=CN1Cc1ccccc1. The molecule has 0 radical (unpaired) electrons. The zero-order chi connectivity index (χ0) is 14.2. The van der Waals surface area contributed by atoms with Gasteiger partial charge in [0.1, 0.15) is 6.17 Å². The van der Waals surface area contributed by atoms with E-state index in [0.717, 1.165) is 6.54 Å². The van der Waals surface area contributed by atoms with Crippen molar-refractivity contribution in [2.45, 2.75) is 58.7 Å². The smallest absolute Gasteiger partial charge is 0.101 e. The Bertz CT molecular complexity index is 399. The molecule has 110 valence electrons. The van der Waals surface area contributed by atoms with Gasteiger partial charge >= 0.3 is 0 Å². The van der Waals surface area contributed by atoms with Crippen molar-refractivity contribution in [3.8, 4) is 0 Å². The number of rotatable bonds is 8. The molecule has 0 saturated carbocycles. The number of unbranched alkanes of at least 4 members (excludes halogenated alkanes) is 2. The second-order valence-electron chi connectivity index (χ2n) is 5.67. The van der Waals surface area contributed by atoms with Crippen LogP contribution in [0.4, 0.5) is 0 Å². The van der Waals surface area contributed by atoms with Crippen LogP contribution in [0.2, 0.25) is 0 Å². The molecule has 0 aliphatic carbocycles. The summed E-state index contributed by atoms with van der Waals surface area (Å²) in [6, 6.07) is 10.8. The highest BCUT2D eigenvalue weighted by Gasteiger charge is 2.24. The van der Waals surface area contributed by atoms with Crippen LogP contribution in [0.1, 0.15) is 51.5 Å². The minimum absolute atomic E-state index is 0.557. The molecule has 1 atom stereocenters. The summed E-state index contributed by atoms with van der Waals surface area (Å²) in [6.07, 6.45) is 11.6. The summed E-state index contributed by atoms with van der Waals surface area (Å²) in [5.41, 5.74) is 1.40. The van der Waals surface area contributed by atoms with Gasteiger partial charge in [0.05, 0.1) is 0 Å². The lowest BCUT2D eigenvalue weighted by Gasteiger charge is -2.33. The van der Waals surface area contributed by atoms with Crippen molar-refractivity contribution in [2.75, 3.05) is 6.54 Å². The van der Waals surface area contributed by atoms with Crippen molar-refractivity contribution >= 4 is 0 Å². The van der Waals surface area contributed by atoms with Gasteiger partial charge in [-0.3, -0.25) is 0 Å². The first-order valence-electron chi connectivity index (χ1n) is 8.09. The third kappa shape index (κ3) is 4.03. The lowest BCUT2D eigenvalue weighted by molar-refractivity contribution is 0.134. The van der Waals surface area contributed by atoms with E-state index in [4.69, 9.17) is 0 Å². The van der Waals surface area contributed by atoms with Gasteiger partial charge in [-0.2, -0.15) is 0 Å². The summed E-state index contributed by atoms with van der Waals surface area (Å²) in [6.45, 7) is 6.72. The molecule has 0 spiro atoms. The highest BCUT2D eigenvalue weighted by Crippen LogP contribution is 2.23. The minimum atomic E-state index is 0.557. The monoisotopic (exact) mass is 272 g/mol. The highest BCUT2D eigenvalue weighted by atomic mass is 15.4. The van der Waals surface area contributed by atoms with Gasteiger partial charge in [-0.1, -0.05) is 57.0 Å². The van der Waals surface area contributed by atoms with Gasteiger partial charge in [0.2, 0.25) is 0 Å². The first kappa shape index (κ1) is 15.0. The Morgan fingerprint density at radius 3 is 2.35 bits per heavy atom. The van der Waals surface area contributed by atoms with Crippen LogP contribution in [0.5, 0.6) is 0 Å². The van der Waals surface area contributed by atoms with E-state index in [1.807, 2.05) is 0 Å². The quantitative estimate of drug-likeness (QED) is 0.639. The first-order valence-corrected chi connectivity index (χ1v) is 8.09. The number of benzene rings is 1. The first-order chi connectivity index (χ1) is 9.85. The molecule has 1 unspecified atom stereocenters. The molecule has 0 amide bonds. The Morgan fingerprint density at radius 1 is 0.900 bits per heavy atom. The number of hydrogen-bond acceptors (Lipinski definition) is 2. The zero-order valence-corrected chi connectivity index (χ0v) is 13.0.